The van der Waals surface area contributed by atoms with Gasteiger partial charge in [0.2, 0.25) is 0 Å². The molecule has 0 unspecified atom stereocenters. The molecule has 1 fully saturated rings. The summed E-state index contributed by atoms with van der Waals surface area (Å²) in [6.45, 7) is 0. The molecule has 266 valence electrons. The van der Waals surface area contributed by atoms with Gasteiger partial charge >= 0.3 is 0 Å². The summed E-state index contributed by atoms with van der Waals surface area (Å²) in [4.78, 5) is 2.56. The summed E-state index contributed by atoms with van der Waals surface area (Å²) in [6, 6.07) is 74.3. The zero-order chi connectivity index (χ0) is 37.1. The molecule has 0 atom stereocenters. The molecule has 1 spiro atoms. The molecule has 0 bridgehead atoms. The minimum Gasteiger partial charge on any atom is -0.309 e. The maximum absolute atomic E-state index is 2.56. The van der Waals surface area contributed by atoms with Crippen LogP contribution in [0.4, 0.5) is 17.1 Å². The highest BCUT2D eigenvalue weighted by Gasteiger charge is 2.46. The van der Waals surface area contributed by atoms with Crippen molar-refractivity contribution in [2.24, 2.45) is 0 Å². The van der Waals surface area contributed by atoms with Gasteiger partial charge in [-0.2, -0.15) is 0 Å². The Hall–Kier alpha value is -6.70. The van der Waals surface area contributed by atoms with E-state index in [0.29, 0.717) is 0 Å². The molecule has 1 nitrogen and oxygen atoms in total. The summed E-state index contributed by atoms with van der Waals surface area (Å²) >= 11 is 0. The molecule has 2 aliphatic rings. The van der Waals surface area contributed by atoms with Crippen LogP contribution in [0.3, 0.4) is 0 Å². The van der Waals surface area contributed by atoms with Crippen LogP contribution in [0, 0.1) is 0 Å². The Labute approximate surface area is 329 Å². The van der Waals surface area contributed by atoms with E-state index in [2.05, 4.69) is 205 Å². The van der Waals surface area contributed by atoms with Crippen LogP contribution < -0.4 is 4.90 Å². The fourth-order valence-electron chi connectivity index (χ4n) is 10.2. The van der Waals surface area contributed by atoms with Gasteiger partial charge in [0.15, 0.2) is 0 Å². The Morgan fingerprint density at radius 1 is 0.357 bits per heavy atom. The lowest BCUT2D eigenvalue weighted by Crippen LogP contribution is -2.20. The maximum atomic E-state index is 2.56. The third-order valence-electron chi connectivity index (χ3n) is 12.6. The number of hydrogen-bond donors (Lipinski definition) is 0. The maximum Gasteiger partial charge on any atom is 0.0543 e. The SMILES string of the molecule is c1ccc(-c2ccccc2-c2ccccc2-c2ccccc2N(c2ccc3c(ccc4ccccc43)c2)c2cccc3c2-c2ccccc2C32CCCC2)cc1. The number of para-hydroxylation sites is 1. The van der Waals surface area contributed by atoms with E-state index in [1.807, 2.05) is 0 Å². The number of anilines is 3. The number of fused-ring (bicyclic) bond motifs is 8. The van der Waals surface area contributed by atoms with Crippen molar-refractivity contribution in [3.8, 4) is 44.5 Å². The molecule has 56 heavy (non-hydrogen) atoms. The van der Waals surface area contributed by atoms with E-state index in [1.54, 1.807) is 0 Å². The Morgan fingerprint density at radius 3 is 1.71 bits per heavy atom. The molecular formula is C55H41N. The van der Waals surface area contributed by atoms with Crippen LogP contribution in [0.25, 0.3) is 66.1 Å². The fourth-order valence-corrected chi connectivity index (χ4v) is 10.2. The molecule has 0 N–H and O–H groups in total. The van der Waals surface area contributed by atoms with Gasteiger partial charge < -0.3 is 4.90 Å². The van der Waals surface area contributed by atoms with Gasteiger partial charge in [0.1, 0.15) is 0 Å². The molecule has 0 saturated heterocycles. The fraction of sp³-hybridized carbons (Fsp3) is 0.0909. The Bertz CT molecular complexity index is 2930. The van der Waals surface area contributed by atoms with Crippen LogP contribution in [0.15, 0.2) is 200 Å². The van der Waals surface area contributed by atoms with Gasteiger partial charge in [0.05, 0.1) is 11.4 Å². The molecule has 0 radical (unpaired) electrons. The van der Waals surface area contributed by atoms with Crippen LogP contribution in [0.5, 0.6) is 0 Å². The van der Waals surface area contributed by atoms with Gasteiger partial charge in [-0.05, 0) is 103 Å². The average Bonchev–Trinajstić information content (AvgIpc) is 3.88. The number of nitrogens with zero attached hydrogens (tertiary/aromatic N) is 1. The highest BCUT2D eigenvalue weighted by Crippen LogP contribution is 2.60. The topological polar surface area (TPSA) is 3.24 Å². The number of hydrogen-bond acceptors (Lipinski definition) is 1. The first-order valence-electron chi connectivity index (χ1n) is 20.1. The summed E-state index contributed by atoms with van der Waals surface area (Å²) < 4.78 is 0. The van der Waals surface area contributed by atoms with Crippen LogP contribution in [0.2, 0.25) is 0 Å². The van der Waals surface area contributed by atoms with E-state index in [-0.39, 0.29) is 5.41 Å². The number of benzene rings is 9. The second-order valence-corrected chi connectivity index (χ2v) is 15.5. The normalized spacial score (nSPS) is 13.9. The van der Waals surface area contributed by atoms with E-state index in [0.717, 1.165) is 11.4 Å². The van der Waals surface area contributed by atoms with Crippen LogP contribution in [-0.4, -0.2) is 0 Å². The first-order valence-corrected chi connectivity index (χ1v) is 20.1. The van der Waals surface area contributed by atoms with E-state index >= 15 is 0 Å². The lowest BCUT2D eigenvalue weighted by Gasteiger charge is -2.31. The van der Waals surface area contributed by atoms with E-state index in [9.17, 15) is 0 Å². The predicted molar refractivity (Wildman–Crippen MR) is 237 cm³/mol. The molecule has 11 rings (SSSR count). The van der Waals surface area contributed by atoms with Crippen molar-refractivity contribution in [1.29, 1.82) is 0 Å². The first-order chi connectivity index (χ1) is 27.8. The van der Waals surface area contributed by atoms with Gasteiger partial charge in [-0.1, -0.05) is 189 Å². The first kappa shape index (κ1) is 32.7. The van der Waals surface area contributed by atoms with Crippen molar-refractivity contribution in [3.05, 3.63) is 211 Å². The van der Waals surface area contributed by atoms with Crippen LogP contribution in [-0.2, 0) is 5.41 Å². The van der Waals surface area contributed by atoms with Gasteiger partial charge in [-0.3, -0.25) is 0 Å². The predicted octanol–water partition coefficient (Wildman–Crippen LogP) is 15.3. The van der Waals surface area contributed by atoms with Crippen LogP contribution in [0.1, 0.15) is 36.8 Å². The van der Waals surface area contributed by atoms with Gasteiger partial charge in [0, 0.05) is 22.2 Å². The summed E-state index contributed by atoms with van der Waals surface area (Å²) in [6.07, 6.45) is 4.94. The summed E-state index contributed by atoms with van der Waals surface area (Å²) in [7, 11) is 0. The molecule has 0 heterocycles. The van der Waals surface area contributed by atoms with Crippen molar-refractivity contribution in [2.75, 3.05) is 4.90 Å². The van der Waals surface area contributed by atoms with E-state index in [1.165, 1.54) is 109 Å². The largest absolute Gasteiger partial charge is 0.309 e. The molecular weight excluding hydrogens is 675 g/mol. The molecule has 2 aliphatic carbocycles. The lowest BCUT2D eigenvalue weighted by atomic mass is 9.77. The van der Waals surface area contributed by atoms with Crippen molar-refractivity contribution < 1.29 is 0 Å². The minimum absolute atomic E-state index is 0.0726. The molecule has 9 aromatic rings. The van der Waals surface area contributed by atoms with Crippen LogP contribution >= 0.6 is 0 Å². The number of rotatable bonds is 6. The summed E-state index contributed by atoms with van der Waals surface area (Å²) in [5, 5.41) is 5.06. The highest BCUT2D eigenvalue weighted by molar-refractivity contribution is 6.09. The van der Waals surface area contributed by atoms with Crippen molar-refractivity contribution in [1.82, 2.24) is 0 Å². The zero-order valence-corrected chi connectivity index (χ0v) is 31.3. The van der Waals surface area contributed by atoms with Gasteiger partial charge in [-0.25, -0.2) is 0 Å². The Kier molecular flexibility index (Phi) is 7.74. The molecule has 0 aromatic heterocycles. The smallest absolute Gasteiger partial charge is 0.0543 e. The average molecular weight is 716 g/mol. The van der Waals surface area contributed by atoms with Crippen molar-refractivity contribution in [2.45, 2.75) is 31.1 Å². The Morgan fingerprint density at radius 2 is 0.911 bits per heavy atom. The molecule has 1 heteroatoms. The second kappa shape index (κ2) is 13.3. The second-order valence-electron chi connectivity index (χ2n) is 15.5. The summed E-state index contributed by atoms with van der Waals surface area (Å²) in [5.41, 5.74) is 16.7. The van der Waals surface area contributed by atoms with E-state index in [4.69, 9.17) is 0 Å². The quantitative estimate of drug-likeness (QED) is 0.155. The monoisotopic (exact) mass is 715 g/mol. The lowest BCUT2D eigenvalue weighted by molar-refractivity contribution is 0.550. The highest BCUT2D eigenvalue weighted by atomic mass is 15.1. The standard InChI is InChI=1S/C55H41N/c1-2-17-38(18-3-1)43-21-6-7-22-45(43)46-23-8-9-24-47(46)48-25-11-13-29-52(48)56(41-33-34-44-40(37-41)32-31-39-19-4-5-20-42(39)44)53-30-16-28-51-54(53)49-26-10-12-27-50(49)55(51)35-14-15-36-55/h1-13,16-34,37H,14-15,35-36H2. The van der Waals surface area contributed by atoms with Gasteiger partial charge in [0.25, 0.3) is 0 Å². The molecule has 9 aromatic carbocycles. The van der Waals surface area contributed by atoms with E-state index < -0.39 is 0 Å². The molecule has 1 saturated carbocycles. The van der Waals surface area contributed by atoms with Crippen molar-refractivity contribution in [3.63, 3.8) is 0 Å². The third kappa shape index (κ3) is 5.08. The summed E-state index contributed by atoms with van der Waals surface area (Å²) in [5.74, 6) is 0. The molecule has 0 aliphatic heterocycles. The molecule has 0 amide bonds. The van der Waals surface area contributed by atoms with Crippen molar-refractivity contribution >= 4 is 38.6 Å². The third-order valence-corrected chi connectivity index (χ3v) is 12.6. The Balaban J connectivity index is 1.18. The minimum atomic E-state index is 0.0726. The zero-order valence-electron chi connectivity index (χ0n) is 31.3. The van der Waals surface area contributed by atoms with Gasteiger partial charge in [-0.15, -0.1) is 0 Å².